The van der Waals surface area contributed by atoms with Gasteiger partial charge in [-0.15, -0.1) is 5.10 Å². The Labute approximate surface area is 204 Å². The average molecular weight is 483 g/mol. The lowest BCUT2D eigenvalue weighted by atomic mass is 10.0. The number of piperazine rings is 1. The normalized spacial score (nSPS) is 19.6. The Balaban J connectivity index is 1.43. The van der Waals surface area contributed by atoms with E-state index in [0.717, 1.165) is 62.7 Å². The van der Waals surface area contributed by atoms with Crippen LogP contribution in [0, 0.1) is 5.82 Å². The minimum absolute atomic E-state index is 0.124. The predicted molar refractivity (Wildman–Crippen MR) is 128 cm³/mol. The fraction of sp³-hybridized carbons (Fsp3) is 0.480. The van der Waals surface area contributed by atoms with E-state index in [4.69, 9.17) is 14.2 Å². The van der Waals surface area contributed by atoms with E-state index in [1.54, 1.807) is 14.2 Å². The van der Waals surface area contributed by atoms with Gasteiger partial charge in [0.1, 0.15) is 5.82 Å². The summed E-state index contributed by atoms with van der Waals surface area (Å²) < 4.78 is 32.2. The number of hydrogen-bond acceptors (Lipinski definition) is 8. The van der Waals surface area contributed by atoms with Gasteiger partial charge in [0.15, 0.2) is 17.3 Å². The van der Waals surface area contributed by atoms with Crippen molar-refractivity contribution in [1.29, 1.82) is 0 Å². The summed E-state index contributed by atoms with van der Waals surface area (Å²) in [5.41, 5.74) is 2.05. The predicted octanol–water partition coefficient (Wildman–Crippen LogP) is 2.92. The van der Waals surface area contributed by atoms with E-state index in [0.29, 0.717) is 18.0 Å². The highest BCUT2D eigenvalue weighted by atomic mass is 19.1. The molecule has 2 atom stereocenters. The van der Waals surface area contributed by atoms with Gasteiger partial charge in [0, 0.05) is 38.5 Å². The lowest BCUT2D eigenvalue weighted by Gasteiger charge is -2.40. The Bertz CT molecular complexity index is 1110. The lowest BCUT2D eigenvalue weighted by molar-refractivity contribution is 0.0906. The van der Waals surface area contributed by atoms with Crippen molar-refractivity contribution >= 4 is 5.69 Å². The van der Waals surface area contributed by atoms with Gasteiger partial charge in [-0.05, 0) is 65.2 Å². The maximum absolute atomic E-state index is 13.4. The molecule has 2 aromatic carbocycles. The number of rotatable bonds is 8. The number of benzene rings is 2. The van der Waals surface area contributed by atoms with E-state index in [2.05, 4.69) is 25.3 Å². The number of tetrazole rings is 1. The molecule has 2 aliphatic rings. The zero-order valence-electron chi connectivity index (χ0n) is 20.1. The molecule has 2 saturated heterocycles. The summed E-state index contributed by atoms with van der Waals surface area (Å²) in [6.45, 7) is 4.62. The molecule has 3 aromatic rings. The third-order valence-electron chi connectivity index (χ3n) is 6.80. The monoisotopic (exact) mass is 482 g/mol. The van der Waals surface area contributed by atoms with Gasteiger partial charge in [-0.1, -0.05) is 6.07 Å². The van der Waals surface area contributed by atoms with E-state index in [-0.39, 0.29) is 18.0 Å². The number of nitrogens with zero attached hydrogens (tertiary/aromatic N) is 6. The fourth-order valence-electron chi connectivity index (χ4n) is 4.95. The summed E-state index contributed by atoms with van der Waals surface area (Å²) in [5, 5.41) is 12.8. The molecule has 5 rings (SSSR count). The Kier molecular flexibility index (Phi) is 7.10. The maximum Gasteiger partial charge on any atom is 0.173 e. The van der Waals surface area contributed by atoms with E-state index in [1.807, 2.05) is 35.0 Å². The summed E-state index contributed by atoms with van der Waals surface area (Å²) in [4.78, 5) is 4.66. The molecule has 0 amide bonds. The molecule has 0 spiro atoms. The molecule has 186 valence electrons. The Morgan fingerprint density at radius 2 is 1.80 bits per heavy atom. The molecule has 0 bridgehead atoms. The van der Waals surface area contributed by atoms with Crippen molar-refractivity contribution in [2.75, 3.05) is 51.9 Å². The molecule has 9 nitrogen and oxygen atoms in total. The zero-order chi connectivity index (χ0) is 24.2. The summed E-state index contributed by atoms with van der Waals surface area (Å²) in [6.07, 6.45) is 2.20. The Morgan fingerprint density at radius 3 is 2.49 bits per heavy atom. The van der Waals surface area contributed by atoms with Gasteiger partial charge < -0.3 is 19.1 Å². The SMILES string of the molecule is COc1ccc([C@@H](c2nnnn2C[C@@H]2CCCO2)N2CCN(c3ccc(F)cc3)CC2)cc1OC. The van der Waals surface area contributed by atoms with Crippen molar-refractivity contribution in [1.82, 2.24) is 25.1 Å². The summed E-state index contributed by atoms with van der Waals surface area (Å²) in [5.74, 6) is 1.90. The molecular weight excluding hydrogens is 451 g/mol. The summed E-state index contributed by atoms with van der Waals surface area (Å²) >= 11 is 0. The third kappa shape index (κ3) is 5.08. The summed E-state index contributed by atoms with van der Waals surface area (Å²) in [7, 11) is 3.27. The second-order valence-corrected chi connectivity index (χ2v) is 8.87. The van der Waals surface area contributed by atoms with Crippen molar-refractivity contribution in [3.63, 3.8) is 0 Å². The first-order chi connectivity index (χ1) is 17.2. The molecule has 3 heterocycles. The van der Waals surface area contributed by atoms with Gasteiger partial charge >= 0.3 is 0 Å². The minimum Gasteiger partial charge on any atom is -0.493 e. The van der Waals surface area contributed by atoms with Crippen LogP contribution in [-0.4, -0.2) is 78.2 Å². The molecular formula is C25H31FN6O3. The standard InChI is InChI=1S/C25H31FN6O3/c1-33-22-10-5-18(16-23(22)34-2)24(25-27-28-29-32(25)17-21-4-3-15-35-21)31-13-11-30(12-14-31)20-8-6-19(26)7-9-20/h5-10,16,21,24H,3-4,11-15,17H2,1-2H3/t21-,24-/m0/s1. The van der Waals surface area contributed by atoms with Crippen molar-refractivity contribution in [3.05, 3.63) is 59.7 Å². The second-order valence-electron chi connectivity index (χ2n) is 8.87. The minimum atomic E-state index is -0.223. The van der Waals surface area contributed by atoms with Crippen molar-refractivity contribution in [3.8, 4) is 11.5 Å². The number of methoxy groups -OCH3 is 2. The van der Waals surface area contributed by atoms with Crippen LogP contribution in [0.3, 0.4) is 0 Å². The lowest BCUT2D eigenvalue weighted by Crippen LogP contribution is -2.48. The highest BCUT2D eigenvalue weighted by Crippen LogP contribution is 2.35. The highest BCUT2D eigenvalue weighted by Gasteiger charge is 2.32. The van der Waals surface area contributed by atoms with Crippen LogP contribution in [0.15, 0.2) is 42.5 Å². The largest absolute Gasteiger partial charge is 0.493 e. The van der Waals surface area contributed by atoms with Crippen LogP contribution in [0.25, 0.3) is 0 Å². The van der Waals surface area contributed by atoms with E-state index in [9.17, 15) is 4.39 Å². The Hall–Kier alpha value is -3.24. The van der Waals surface area contributed by atoms with Crippen LogP contribution in [0.5, 0.6) is 11.5 Å². The van der Waals surface area contributed by atoms with Gasteiger partial charge in [-0.25, -0.2) is 9.07 Å². The molecule has 0 N–H and O–H groups in total. The number of hydrogen-bond donors (Lipinski definition) is 0. The molecule has 0 unspecified atom stereocenters. The van der Waals surface area contributed by atoms with E-state index in [1.165, 1.54) is 12.1 Å². The molecule has 10 heteroatoms. The van der Waals surface area contributed by atoms with Gasteiger partial charge in [-0.3, -0.25) is 4.90 Å². The number of ether oxygens (including phenoxy) is 3. The molecule has 35 heavy (non-hydrogen) atoms. The van der Waals surface area contributed by atoms with E-state index >= 15 is 0 Å². The summed E-state index contributed by atoms with van der Waals surface area (Å²) in [6, 6.07) is 12.5. The molecule has 0 aliphatic carbocycles. The Morgan fingerprint density at radius 1 is 1.03 bits per heavy atom. The van der Waals surface area contributed by atoms with Gasteiger partial charge in [-0.2, -0.15) is 0 Å². The first-order valence-electron chi connectivity index (χ1n) is 12.0. The topological polar surface area (TPSA) is 77.8 Å². The van der Waals surface area contributed by atoms with Crippen LogP contribution in [-0.2, 0) is 11.3 Å². The van der Waals surface area contributed by atoms with Crippen LogP contribution < -0.4 is 14.4 Å². The number of aromatic nitrogens is 4. The smallest absolute Gasteiger partial charge is 0.173 e. The van der Waals surface area contributed by atoms with Crippen molar-refractivity contribution < 1.29 is 18.6 Å². The molecule has 0 radical (unpaired) electrons. The van der Waals surface area contributed by atoms with Gasteiger partial charge in [0.05, 0.1) is 32.9 Å². The highest BCUT2D eigenvalue weighted by molar-refractivity contribution is 5.47. The first-order valence-corrected chi connectivity index (χ1v) is 12.0. The van der Waals surface area contributed by atoms with Crippen LogP contribution in [0.4, 0.5) is 10.1 Å². The van der Waals surface area contributed by atoms with E-state index < -0.39 is 0 Å². The second kappa shape index (κ2) is 10.6. The van der Waals surface area contributed by atoms with Gasteiger partial charge in [0.25, 0.3) is 0 Å². The number of anilines is 1. The van der Waals surface area contributed by atoms with Crippen molar-refractivity contribution in [2.24, 2.45) is 0 Å². The van der Waals surface area contributed by atoms with Crippen LogP contribution in [0.2, 0.25) is 0 Å². The molecule has 2 fully saturated rings. The first kappa shape index (κ1) is 23.5. The average Bonchev–Trinajstić information content (AvgIpc) is 3.58. The van der Waals surface area contributed by atoms with Gasteiger partial charge in [0.2, 0.25) is 0 Å². The van der Waals surface area contributed by atoms with Crippen LogP contribution >= 0.6 is 0 Å². The zero-order valence-corrected chi connectivity index (χ0v) is 20.1. The van der Waals surface area contributed by atoms with Crippen molar-refractivity contribution in [2.45, 2.75) is 31.5 Å². The molecule has 0 saturated carbocycles. The molecule has 2 aliphatic heterocycles. The molecule has 1 aromatic heterocycles. The fourth-order valence-corrected chi connectivity index (χ4v) is 4.95. The van der Waals surface area contributed by atoms with Crippen LogP contribution in [0.1, 0.15) is 30.3 Å². The quantitative estimate of drug-likeness (QED) is 0.485. The number of halogens is 1. The third-order valence-corrected chi connectivity index (χ3v) is 6.80. The maximum atomic E-state index is 13.4.